The summed E-state index contributed by atoms with van der Waals surface area (Å²) in [5.41, 5.74) is 1.40. The van der Waals surface area contributed by atoms with Crippen LogP contribution in [0.5, 0.6) is 0 Å². The largest absolute Gasteiger partial charge is 0.361 e. The molecular formula is C15H20N4O2. The van der Waals surface area contributed by atoms with E-state index in [0.717, 1.165) is 31.6 Å². The van der Waals surface area contributed by atoms with Crippen molar-refractivity contribution in [2.75, 3.05) is 6.54 Å². The van der Waals surface area contributed by atoms with Crippen LogP contribution in [0.1, 0.15) is 41.6 Å². The fourth-order valence-corrected chi connectivity index (χ4v) is 2.99. The quantitative estimate of drug-likeness (QED) is 0.863. The van der Waals surface area contributed by atoms with Crippen LogP contribution in [0.3, 0.4) is 0 Å². The SMILES string of the molecule is CCc1noc(C)c1C(=O)N1CCC[C@@H]1Cn1cccn1. The van der Waals surface area contributed by atoms with E-state index >= 15 is 0 Å². The Labute approximate surface area is 123 Å². The van der Waals surface area contributed by atoms with Gasteiger partial charge in [0.15, 0.2) is 0 Å². The third-order valence-corrected chi connectivity index (χ3v) is 4.08. The van der Waals surface area contributed by atoms with Crippen LogP contribution in [0.4, 0.5) is 0 Å². The predicted molar refractivity (Wildman–Crippen MR) is 76.9 cm³/mol. The average molecular weight is 288 g/mol. The van der Waals surface area contributed by atoms with E-state index in [0.29, 0.717) is 17.7 Å². The molecule has 0 unspecified atom stereocenters. The molecule has 0 spiro atoms. The summed E-state index contributed by atoms with van der Waals surface area (Å²) in [5.74, 6) is 0.654. The molecule has 1 amide bonds. The lowest BCUT2D eigenvalue weighted by Crippen LogP contribution is -2.38. The topological polar surface area (TPSA) is 64.2 Å². The molecule has 2 aromatic rings. The second kappa shape index (κ2) is 5.71. The number of aromatic nitrogens is 3. The van der Waals surface area contributed by atoms with Gasteiger partial charge in [0, 0.05) is 18.9 Å². The Kier molecular flexibility index (Phi) is 3.77. The summed E-state index contributed by atoms with van der Waals surface area (Å²) in [4.78, 5) is 14.8. The zero-order valence-electron chi connectivity index (χ0n) is 12.5. The average Bonchev–Trinajstić information content (AvgIpc) is 3.19. The smallest absolute Gasteiger partial charge is 0.259 e. The molecule has 0 radical (unpaired) electrons. The molecule has 3 rings (SSSR count). The van der Waals surface area contributed by atoms with E-state index in [1.54, 1.807) is 13.1 Å². The zero-order valence-corrected chi connectivity index (χ0v) is 12.5. The molecule has 6 nitrogen and oxygen atoms in total. The van der Waals surface area contributed by atoms with Crippen molar-refractivity contribution in [1.29, 1.82) is 0 Å². The molecule has 0 saturated carbocycles. The molecule has 112 valence electrons. The number of hydrogen-bond donors (Lipinski definition) is 0. The van der Waals surface area contributed by atoms with Gasteiger partial charge in [0.2, 0.25) is 0 Å². The molecule has 1 atom stereocenters. The van der Waals surface area contributed by atoms with E-state index in [2.05, 4.69) is 10.3 Å². The highest BCUT2D eigenvalue weighted by molar-refractivity contribution is 5.96. The number of carbonyl (C=O) groups is 1. The van der Waals surface area contributed by atoms with Crippen LogP contribution in [-0.4, -0.2) is 38.3 Å². The molecule has 0 aliphatic carbocycles. The number of amides is 1. The van der Waals surface area contributed by atoms with Crippen molar-refractivity contribution in [1.82, 2.24) is 19.8 Å². The summed E-state index contributed by atoms with van der Waals surface area (Å²) >= 11 is 0. The van der Waals surface area contributed by atoms with Crippen LogP contribution in [0.15, 0.2) is 23.0 Å². The van der Waals surface area contributed by atoms with Gasteiger partial charge < -0.3 is 9.42 Å². The van der Waals surface area contributed by atoms with Crippen molar-refractivity contribution >= 4 is 5.91 Å². The predicted octanol–water partition coefficient (Wildman–Crippen LogP) is 2.05. The summed E-state index contributed by atoms with van der Waals surface area (Å²) < 4.78 is 7.08. The van der Waals surface area contributed by atoms with Crippen LogP contribution in [-0.2, 0) is 13.0 Å². The lowest BCUT2D eigenvalue weighted by atomic mass is 10.1. The lowest BCUT2D eigenvalue weighted by Gasteiger charge is -2.24. The van der Waals surface area contributed by atoms with Gasteiger partial charge in [0.05, 0.1) is 18.3 Å². The molecule has 1 aliphatic heterocycles. The van der Waals surface area contributed by atoms with Crippen molar-refractivity contribution in [3.63, 3.8) is 0 Å². The second-order valence-electron chi connectivity index (χ2n) is 5.44. The lowest BCUT2D eigenvalue weighted by molar-refractivity contribution is 0.0719. The number of rotatable bonds is 4. The van der Waals surface area contributed by atoms with Gasteiger partial charge in [0.1, 0.15) is 11.3 Å². The Morgan fingerprint density at radius 3 is 3.10 bits per heavy atom. The van der Waals surface area contributed by atoms with Crippen LogP contribution in [0, 0.1) is 6.92 Å². The van der Waals surface area contributed by atoms with E-state index in [4.69, 9.17) is 4.52 Å². The zero-order chi connectivity index (χ0) is 14.8. The van der Waals surface area contributed by atoms with Gasteiger partial charge in [-0.1, -0.05) is 12.1 Å². The first-order valence-electron chi connectivity index (χ1n) is 7.44. The van der Waals surface area contributed by atoms with Gasteiger partial charge in [-0.05, 0) is 32.3 Å². The molecule has 0 N–H and O–H groups in total. The summed E-state index contributed by atoms with van der Waals surface area (Å²) in [6, 6.07) is 2.09. The summed E-state index contributed by atoms with van der Waals surface area (Å²) in [6.45, 7) is 5.32. The second-order valence-corrected chi connectivity index (χ2v) is 5.44. The fraction of sp³-hybridized carbons (Fsp3) is 0.533. The Morgan fingerprint density at radius 2 is 2.38 bits per heavy atom. The molecule has 3 heterocycles. The van der Waals surface area contributed by atoms with Crippen LogP contribution < -0.4 is 0 Å². The first kappa shape index (κ1) is 13.9. The first-order chi connectivity index (χ1) is 10.2. The van der Waals surface area contributed by atoms with E-state index < -0.39 is 0 Å². The van der Waals surface area contributed by atoms with Crippen molar-refractivity contribution < 1.29 is 9.32 Å². The molecule has 0 bridgehead atoms. The molecule has 6 heteroatoms. The highest BCUT2D eigenvalue weighted by atomic mass is 16.5. The van der Waals surface area contributed by atoms with Crippen LogP contribution >= 0.6 is 0 Å². The van der Waals surface area contributed by atoms with Crippen LogP contribution in [0.25, 0.3) is 0 Å². The van der Waals surface area contributed by atoms with Gasteiger partial charge in [0.25, 0.3) is 5.91 Å². The number of hydrogen-bond acceptors (Lipinski definition) is 4. The molecular weight excluding hydrogens is 268 g/mol. The Bertz CT molecular complexity index is 618. The minimum absolute atomic E-state index is 0.0419. The maximum Gasteiger partial charge on any atom is 0.259 e. The van der Waals surface area contributed by atoms with Gasteiger partial charge in [-0.15, -0.1) is 0 Å². The van der Waals surface area contributed by atoms with E-state index in [-0.39, 0.29) is 11.9 Å². The first-order valence-corrected chi connectivity index (χ1v) is 7.44. The summed E-state index contributed by atoms with van der Waals surface area (Å²) in [5, 5.41) is 8.22. The Balaban J connectivity index is 1.81. The standard InChI is InChI=1S/C15H20N4O2/c1-3-13-14(11(2)21-17-13)15(20)19-9-4-6-12(19)10-18-8-5-7-16-18/h5,7-8,12H,3-4,6,9-10H2,1-2H3/t12-/m1/s1. The number of aryl methyl sites for hydroxylation is 2. The molecule has 21 heavy (non-hydrogen) atoms. The third-order valence-electron chi connectivity index (χ3n) is 4.08. The van der Waals surface area contributed by atoms with E-state index in [9.17, 15) is 4.79 Å². The maximum atomic E-state index is 12.8. The molecule has 1 fully saturated rings. The highest BCUT2D eigenvalue weighted by Crippen LogP contribution is 2.24. The minimum Gasteiger partial charge on any atom is -0.361 e. The normalized spacial score (nSPS) is 18.4. The Hall–Kier alpha value is -2.11. The van der Waals surface area contributed by atoms with Gasteiger partial charge in [-0.2, -0.15) is 5.10 Å². The van der Waals surface area contributed by atoms with Crippen molar-refractivity contribution in [3.05, 3.63) is 35.5 Å². The summed E-state index contributed by atoms with van der Waals surface area (Å²) in [6.07, 6.45) is 6.44. The highest BCUT2D eigenvalue weighted by Gasteiger charge is 2.33. The number of nitrogens with zero attached hydrogens (tertiary/aromatic N) is 4. The van der Waals surface area contributed by atoms with Gasteiger partial charge in [-0.25, -0.2) is 0 Å². The van der Waals surface area contributed by atoms with Gasteiger partial charge in [-0.3, -0.25) is 9.48 Å². The number of likely N-dealkylation sites (tertiary alicyclic amines) is 1. The van der Waals surface area contributed by atoms with Crippen molar-refractivity contribution in [2.24, 2.45) is 0 Å². The molecule has 1 saturated heterocycles. The third kappa shape index (κ3) is 2.57. The molecule has 0 aromatic carbocycles. The number of carbonyl (C=O) groups excluding carboxylic acids is 1. The minimum atomic E-state index is 0.0419. The van der Waals surface area contributed by atoms with Crippen molar-refractivity contribution in [2.45, 2.75) is 45.7 Å². The molecule has 2 aromatic heterocycles. The van der Waals surface area contributed by atoms with Gasteiger partial charge >= 0.3 is 0 Å². The molecule has 1 aliphatic rings. The maximum absolute atomic E-state index is 12.8. The monoisotopic (exact) mass is 288 g/mol. The van der Waals surface area contributed by atoms with Crippen LogP contribution in [0.2, 0.25) is 0 Å². The van der Waals surface area contributed by atoms with E-state index in [1.807, 2.05) is 28.8 Å². The van der Waals surface area contributed by atoms with Crippen molar-refractivity contribution in [3.8, 4) is 0 Å². The fourth-order valence-electron chi connectivity index (χ4n) is 2.99. The Morgan fingerprint density at radius 1 is 1.52 bits per heavy atom. The summed E-state index contributed by atoms with van der Waals surface area (Å²) in [7, 11) is 0. The van der Waals surface area contributed by atoms with E-state index in [1.165, 1.54) is 0 Å².